The van der Waals surface area contributed by atoms with Gasteiger partial charge in [0.1, 0.15) is 18.0 Å². The Kier molecular flexibility index (Phi) is 4.27. The van der Waals surface area contributed by atoms with E-state index in [0.29, 0.717) is 19.1 Å². The van der Waals surface area contributed by atoms with E-state index in [-0.39, 0.29) is 11.5 Å². The van der Waals surface area contributed by atoms with Gasteiger partial charge in [-0.3, -0.25) is 4.90 Å². The van der Waals surface area contributed by atoms with Crippen molar-refractivity contribution in [2.45, 2.75) is 65.4 Å². The first-order chi connectivity index (χ1) is 11.1. The number of anilines is 1. The van der Waals surface area contributed by atoms with Crippen molar-refractivity contribution >= 4 is 11.8 Å². The van der Waals surface area contributed by atoms with E-state index >= 15 is 0 Å². The second kappa shape index (κ2) is 5.98. The minimum Gasteiger partial charge on any atom is -0.490 e. The molecule has 3 rings (SSSR count). The van der Waals surface area contributed by atoms with Crippen molar-refractivity contribution in [3.63, 3.8) is 0 Å². The second-order valence-corrected chi connectivity index (χ2v) is 8.87. The number of ether oxygens (including phenoxy) is 2. The number of fused-ring (bicyclic) bond motifs is 1. The van der Waals surface area contributed by atoms with Gasteiger partial charge in [-0.05, 0) is 62.1 Å². The Balaban J connectivity index is 1.78. The molecule has 1 aliphatic heterocycles. The van der Waals surface area contributed by atoms with Crippen LogP contribution in [0.4, 0.5) is 10.5 Å². The highest BCUT2D eigenvalue weighted by Gasteiger charge is 2.34. The van der Waals surface area contributed by atoms with Crippen LogP contribution in [0.1, 0.15) is 65.4 Å². The van der Waals surface area contributed by atoms with Crippen LogP contribution in [-0.2, 0) is 4.74 Å². The summed E-state index contributed by atoms with van der Waals surface area (Å²) in [5.41, 5.74) is 1.75. The molecule has 0 bridgehead atoms. The van der Waals surface area contributed by atoms with Crippen LogP contribution < -0.4 is 9.64 Å². The Morgan fingerprint density at radius 2 is 1.96 bits per heavy atom. The van der Waals surface area contributed by atoms with Crippen molar-refractivity contribution in [3.05, 3.63) is 23.8 Å². The molecule has 1 heterocycles. The highest BCUT2D eigenvalue weighted by Crippen LogP contribution is 2.44. The summed E-state index contributed by atoms with van der Waals surface area (Å²) in [4.78, 5) is 14.5. The molecule has 132 valence electrons. The van der Waals surface area contributed by atoms with Gasteiger partial charge in [-0.15, -0.1) is 0 Å². The highest BCUT2D eigenvalue weighted by atomic mass is 16.6. The molecule has 1 fully saturated rings. The van der Waals surface area contributed by atoms with E-state index in [1.165, 1.54) is 18.4 Å². The smallest absolute Gasteiger partial charge is 0.415 e. The third kappa shape index (κ3) is 4.03. The molecule has 0 aromatic heterocycles. The van der Waals surface area contributed by atoms with E-state index < -0.39 is 5.60 Å². The standard InChI is InChI=1S/C20H29NO3/c1-19(2,3)13-20(4,5)24-18(22)21-10-11-23-17-9-8-15(12-16(17)21)14-6-7-14/h8-9,12,14H,6-7,10-11,13H2,1-5H3. The molecule has 4 heteroatoms. The van der Waals surface area contributed by atoms with Crippen LogP contribution >= 0.6 is 0 Å². The Morgan fingerprint density at radius 3 is 2.58 bits per heavy atom. The van der Waals surface area contributed by atoms with Crippen molar-refractivity contribution < 1.29 is 14.3 Å². The van der Waals surface area contributed by atoms with Crippen LogP contribution in [0, 0.1) is 5.41 Å². The number of carbonyl (C=O) groups excluding carboxylic acids is 1. The minimum atomic E-state index is -0.498. The molecule has 0 saturated heterocycles. The Morgan fingerprint density at radius 1 is 1.25 bits per heavy atom. The van der Waals surface area contributed by atoms with Gasteiger partial charge in [0, 0.05) is 0 Å². The topological polar surface area (TPSA) is 38.8 Å². The molecule has 24 heavy (non-hydrogen) atoms. The number of carbonyl (C=O) groups is 1. The maximum atomic E-state index is 12.8. The summed E-state index contributed by atoms with van der Waals surface area (Å²) in [5, 5.41) is 0. The van der Waals surface area contributed by atoms with E-state index in [2.05, 4.69) is 32.9 Å². The van der Waals surface area contributed by atoms with E-state index in [9.17, 15) is 4.79 Å². The van der Waals surface area contributed by atoms with Crippen molar-refractivity contribution in [1.29, 1.82) is 0 Å². The number of amides is 1. The average molecular weight is 331 g/mol. The molecule has 0 atom stereocenters. The zero-order valence-corrected chi connectivity index (χ0v) is 15.5. The van der Waals surface area contributed by atoms with Crippen molar-refractivity contribution in [2.24, 2.45) is 5.41 Å². The summed E-state index contributed by atoms with van der Waals surface area (Å²) < 4.78 is 11.6. The molecule has 1 aliphatic carbocycles. The molecule has 0 unspecified atom stereocenters. The SMILES string of the molecule is CC(C)(C)CC(C)(C)OC(=O)N1CCOc2ccc(C3CC3)cc21. The molecule has 1 aromatic carbocycles. The van der Waals surface area contributed by atoms with E-state index in [1.807, 2.05) is 19.9 Å². The van der Waals surface area contributed by atoms with Crippen molar-refractivity contribution in [2.75, 3.05) is 18.1 Å². The number of rotatable bonds is 3. The quantitative estimate of drug-likeness (QED) is 0.772. The zero-order chi connectivity index (χ0) is 17.5. The summed E-state index contributed by atoms with van der Waals surface area (Å²) in [6, 6.07) is 6.21. The van der Waals surface area contributed by atoms with E-state index in [4.69, 9.17) is 9.47 Å². The van der Waals surface area contributed by atoms with Crippen LogP contribution in [0.3, 0.4) is 0 Å². The molecule has 1 saturated carbocycles. The predicted octanol–water partition coefficient (Wildman–Crippen LogP) is 5.11. The van der Waals surface area contributed by atoms with Gasteiger partial charge in [0.15, 0.2) is 0 Å². The van der Waals surface area contributed by atoms with E-state index in [0.717, 1.165) is 17.9 Å². The molecule has 0 N–H and O–H groups in total. The van der Waals surface area contributed by atoms with Gasteiger partial charge in [-0.2, -0.15) is 0 Å². The zero-order valence-electron chi connectivity index (χ0n) is 15.5. The first kappa shape index (κ1) is 17.1. The van der Waals surface area contributed by atoms with Gasteiger partial charge in [0.2, 0.25) is 0 Å². The predicted molar refractivity (Wildman–Crippen MR) is 95.9 cm³/mol. The average Bonchev–Trinajstić information content (AvgIpc) is 3.27. The lowest BCUT2D eigenvalue weighted by atomic mass is 9.84. The lowest BCUT2D eigenvalue weighted by Gasteiger charge is -2.36. The third-order valence-corrected chi connectivity index (χ3v) is 4.44. The minimum absolute atomic E-state index is 0.103. The molecule has 0 radical (unpaired) electrons. The monoisotopic (exact) mass is 331 g/mol. The number of nitrogens with zero attached hydrogens (tertiary/aromatic N) is 1. The fraction of sp³-hybridized carbons (Fsp3) is 0.650. The molecule has 1 aromatic rings. The molecular weight excluding hydrogens is 302 g/mol. The lowest BCUT2D eigenvalue weighted by molar-refractivity contribution is 0.0133. The van der Waals surface area contributed by atoms with Gasteiger partial charge < -0.3 is 9.47 Å². The van der Waals surface area contributed by atoms with Crippen LogP contribution in [0.15, 0.2) is 18.2 Å². The number of hydrogen-bond acceptors (Lipinski definition) is 3. The summed E-state index contributed by atoms with van der Waals surface area (Å²) in [7, 11) is 0. The van der Waals surface area contributed by atoms with Gasteiger partial charge >= 0.3 is 6.09 Å². The first-order valence-electron chi connectivity index (χ1n) is 8.92. The number of benzene rings is 1. The summed E-state index contributed by atoms with van der Waals surface area (Å²) in [6.45, 7) is 11.5. The molecule has 1 amide bonds. The molecule has 2 aliphatic rings. The third-order valence-electron chi connectivity index (χ3n) is 4.44. The van der Waals surface area contributed by atoms with Gasteiger partial charge in [0.25, 0.3) is 0 Å². The maximum Gasteiger partial charge on any atom is 0.415 e. The van der Waals surface area contributed by atoms with Crippen LogP contribution in [-0.4, -0.2) is 24.8 Å². The highest BCUT2D eigenvalue weighted by molar-refractivity contribution is 5.90. The molecule has 4 nitrogen and oxygen atoms in total. The van der Waals surface area contributed by atoms with E-state index in [1.54, 1.807) is 4.90 Å². The molecular formula is C20H29NO3. The van der Waals surface area contributed by atoms with Gasteiger partial charge in [0.05, 0.1) is 12.2 Å². The summed E-state index contributed by atoms with van der Waals surface area (Å²) in [5.74, 6) is 1.42. The van der Waals surface area contributed by atoms with Crippen LogP contribution in [0.5, 0.6) is 5.75 Å². The maximum absolute atomic E-state index is 12.8. The fourth-order valence-electron chi connectivity index (χ4n) is 3.70. The number of hydrogen-bond donors (Lipinski definition) is 0. The second-order valence-electron chi connectivity index (χ2n) is 8.87. The van der Waals surface area contributed by atoms with Crippen molar-refractivity contribution in [1.82, 2.24) is 0 Å². The Bertz CT molecular complexity index is 626. The Hall–Kier alpha value is -1.71. The molecule has 0 spiro atoms. The Labute approximate surface area is 145 Å². The van der Waals surface area contributed by atoms with Crippen molar-refractivity contribution in [3.8, 4) is 5.75 Å². The summed E-state index contributed by atoms with van der Waals surface area (Å²) in [6.07, 6.45) is 3.01. The lowest BCUT2D eigenvalue weighted by Crippen LogP contribution is -2.43. The fourth-order valence-corrected chi connectivity index (χ4v) is 3.70. The van der Waals surface area contributed by atoms with Crippen LogP contribution in [0.25, 0.3) is 0 Å². The van der Waals surface area contributed by atoms with Crippen LogP contribution in [0.2, 0.25) is 0 Å². The summed E-state index contributed by atoms with van der Waals surface area (Å²) >= 11 is 0. The van der Waals surface area contributed by atoms with Gasteiger partial charge in [-0.25, -0.2) is 4.79 Å². The largest absolute Gasteiger partial charge is 0.490 e. The normalized spacial score (nSPS) is 18.0. The van der Waals surface area contributed by atoms with Gasteiger partial charge in [-0.1, -0.05) is 26.8 Å². The first-order valence-corrected chi connectivity index (χ1v) is 8.92.